The summed E-state index contributed by atoms with van der Waals surface area (Å²) in [7, 11) is 1.83. The average molecular weight is 365 g/mol. The summed E-state index contributed by atoms with van der Waals surface area (Å²) in [6.07, 6.45) is 0.0931. The molecule has 0 spiro atoms. The number of aliphatic hydroxyl groups excluding tert-OH is 1. The van der Waals surface area contributed by atoms with Crippen molar-refractivity contribution in [3.63, 3.8) is 0 Å². The third-order valence-corrected chi connectivity index (χ3v) is 5.09. The second-order valence-corrected chi connectivity index (χ2v) is 7.19. The largest absolute Gasteiger partial charge is 0.391 e. The molecule has 0 saturated carbocycles. The summed E-state index contributed by atoms with van der Waals surface area (Å²) in [6.45, 7) is 2.77. The van der Waals surface area contributed by atoms with E-state index >= 15 is 0 Å². The zero-order valence-electron chi connectivity index (χ0n) is 15.5. The van der Waals surface area contributed by atoms with Gasteiger partial charge in [0.2, 0.25) is 0 Å². The van der Waals surface area contributed by atoms with Crippen LogP contribution < -0.4 is 0 Å². The molecule has 2 atom stereocenters. The van der Waals surface area contributed by atoms with Crippen LogP contribution in [0.5, 0.6) is 0 Å². The fourth-order valence-electron chi connectivity index (χ4n) is 3.68. The third kappa shape index (κ3) is 3.50. The van der Waals surface area contributed by atoms with Crippen LogP contribution in [0.4, 0.5) is 0 Å². The van der Waals surface area contributed by atoms with Gasteiger partial charge in [-0.15, -0.1) is 0 Å². The predicted molar refractivity (Wildman–Crippen MR) is 101 cm³/mol. The summed E-state index contributed by atoms with van der Waals surface area (Å²) >= 11 is 0. The van der Waals surface area contributed by atoms with E-state index in [2.05, 4.69) is 15.3 Å². The fourth-order valence-corrected chi connectivity index (χ4v) is 3.68. The molecule has 140 valence electrons. The highest BCUT2D eigenvalue weighted by atomic mass is 16.3. The number of amides is 1. The van der Waals surface area contributed by atoms with E-state index in [4.69, 9.17) is 0 Å². The van der Waals surface area contributed by atoms with Crippen molar-refractivity contribution in [1.29, 1.82) is 0 Å². The van der Waals surface area contributed by atoms with Gasteiger partial charge in [-0.1, -0.05) is 30.3 Å². The Kier molecular flexibility index (Phi) is 4.53. The summed E-state index contributed by atoms with van der Waals surface area (Å²) in [5.74, 6) is -0.165. The highest BCUT2D eigenvalue weighted by Gasteiger charge is 2.35. The summed E-state index contributed by atoms with van der Waals surface area (Å²) in [5.41, 5.74) is 4.21. The number of nitrogens with one attached hydrogen (secondary N) is 1. The summed E-state index contributed by atoms with van der Waals surface area (Å²) in [4.78, 5) is 14.6. The fraction of sp³-hybridized carbons (Fsp3) is 0.350. The Bertz CT molecular complexity index is 946. The lowest BCUT2D eigenvalue weighted by Crippen LogP contribution is -2.30. The number of carbonyl (C=O) groups is 1. The summed E-state index contributed by atoms with van der Waals surface area (Å²) < 4.78 is 1.72. The summed E-state index contributed by atoms with van der Waals surface area (Å²) in [6, 6.07) is 13.7. The molecule has 1 fully saturated rings. The van der Waals surface area contributed by atoms with Crippen molar-refractivity contribution in [2.75, 3.05) is 13.1 Å². The van der Waals surface area contributed by atoms with Crippen molar-refractivity contribution in [1.82, 2.24) is 24.9 Å². The van der Waals surface area contributed by atoms with E-state index in [9.17, 15) is 9.90 Å². The maximum Gasteiger partial charge on any atom is 0.274 e. The molecular formula is C20H23N5O2. The van der Waals surface area contributed by atoms with Crippen LogP contribution in [0, 0.1) is 12.8 Å². The Morgan fingerprint density at radius 1 is 1.26 bits per heavy atom. The van der Waals surface area contributed by atoms with E-state index in [1.807, 2.05) is 56.4 Å². The Morgan fingerprint density at radius 3 is 2.74 bits per heavy atom. The number of likely N-dealkylation sites (tertiary alicyclic amines) is 1. The van der Waals surface area contributed by atoms with Crippen LogP contribution in [0.3, 0.4) is 0 Å². The van der Waals surface area contributed by atoms with Gasteiger partial charge in [-0.2, -0.15) is 10.2 Å². The molecule has 1 amide bonds. The molecule has 0 radical (unpaired) electrons. The quantitative estimate of drug-likeness (QED) is 0.738. The maximum atomic E-state index is 12.9. The number of aromatic amines is 1. The average Bonchev–Trinajstić information content (AvgIpc) is 3.35. The highest BCUT2D eigenvalue weighted by Crippen LogP contribution is 2.24. The number of β-amino-alcohol motifs (C(OH)–C–C–N with tert-alkyl or cyclic N) is 1. The third-order valence-electron chi connectivity index (χ3n) is 5.09. The summed E-state index contributed by atoms with van der Waals surface area (Å²) in [5, 5.41) is 22.0. The lowest BCUT2D eigenvalue weighted by atomic mass is 10.0. The van der Waals surface area contributed by atoms with Gasteiger partial charge >= 0.3 is 0 Å². The number of aromatic nitrogens is 4. The predicted octanol–water partition coefficient (Wildman–Crippen LogP) is 1.79. The van der Waals surface area contributed by atoms with E-state index in [0.29, 0.717) is 25.2 Å². The molecule has 27 heavy (non-hydrogen) atoms. The number of carbonyl (C=O) groups excluding carboxylic acids is 1. The number of H-pyrrole nitrogens is 1. The zero-order chi connectivity index (χ0) is 19.0. The Balaban J connectivity index is 1.49. The van der Waals surface area contributed by atoms with E-state index in [1.165, 1.54) is 0 Å². The number of nitrogens with zero attached hydrogens (tertiary/aromatic N) is 4. The van der Waals surface area contributed by atoms with Crippen LogP contribution >= 0.6 is 0 Å². The second kappa shape index (κ2) is 7.00. The standard InChI is InChI=1S/C20H23N5O2/c1-13-8-16(22-21-13)9-15-11-25(12-19(15)26)20(27)17-10-18(24(2)23-17)14-6-4-3-5-7-14/h3-8,10,15,19,26H,9,11-12H2,1-2H3,(H,21,22)/t15-,19+/m1/s1. The molecule has 2 aromatic heterocycles. The molecule has 1 saturated heterocycles. The molecule has 0 aliphatic carbocycles. The lowest BCUT2D eigenvalue weighted by molar-refractivity contribution is 0.0758. The van der Waals surface area contributed by atoms with Gasteiger partial charge in [-0.05, 0) is 31.0 Å². The molecule has 7 heteroatoms. The van der Waals surface area contributed by atoms with Crippen molar-refractivity contribution >= 4 is 5.91 Å². The smallest absolute Gasteiger partial charge is 0.274 e. The Hall–Kier alpha value is -2.93. The van der Waals surface area contributed by atoms with Crippen LogP contribution in [-0.2, 0) is 13.5 Å². The van der Waals surface area contributed by atoms with E-state index in [0.717, 1.165) is 22.6 Å². The maximum absolute atomic E-state index is 12.9. The number of aryl methyl sites for hydroxylation is 2. The minimum Gasteiger partial charge on any atom is -0.391 e. The number of hydrogen-bond donors (Lipinski definition) is 2. The van der Waals surface area contributed by atoms with Gasteiger partial charge in [0.15, 0.2) is 5.69 Å². The zero-order valence-corrected chi connectivity index (χ0v) is 15.5. The number of hydrogen-bond acceptors (Lipinski definition) is 4. The van der Waals surface area contributed by atoms with Gasteiger partial charge in [-0.3, -0.25) is 14.6 Å². The number of aliphatic hydroxyl groups is 1. The SMILES string of the molecule is Cc1cc(C[C@@H]2CN(C(=O)c3cc(-c4ccccc4)n(C)n3)C[C@@H]2O)n[nH]1. The van der Waals surface area contributed by atoms with Crippen molar-refractivity contribution in [3.8, 4) is 11.3 Å². The van der Waals surface area contributed by atoms with Crippen molar-refractivity contribution in [2.24, 2.45) is 13.0 Å². The van der Waals surface area contributed by atoms with E-state index < -0.39 is 6.10 Å². The molecule has 1 aliphatic heterocycles. The lowest BCUT2D eigenvalue weighted by Gasteiger charge is -2.14. The van der Waals surface area contributed by atoms with Gasteiger partial charge in [0.05, 0.1) is 17.5 Å². The molecule has 3 heterocycles. The molecule has 3 aromatic rings. The first-order valence-electron chi connectivity index (χ1n) is 9.09. The van der Waals surface area contributed by atoms with Crippen molar-refractivity contribution in [2.45, 2.75) is 19.4 Å². The molecule has 0 bridgehead atoms. The monoisotopic (exact) mass is 365 g/mol. The van der Waals surface area contributed by atoms with Crippen LogP contribution in [-0.4, -0.2) is 55.1 Å². The van der Waals surface area contributed by atoms with Crippen molar-refractivity contribution < 1.29 is 9.90 Å². The second-order valence-electron chi connectivity index (χ2n) is 7.19. The molecule has 1 aliphatic rings. The van der Waals surface area contributed by atoms with Gasteiger partial charge in [0.25, 0.3) is 5.91 Å². The van der Waals surface area contributed by atoms with Crippen LogP contribution in [0.2, 0.25) is 0 Å². The van der Waals surface area contributed by atoms with E-state index in [1.54, 1.807) is 9.58 Å². The minimum absolute atomic E-state index is 0.0195. The van der Waals surface area contributed by atoms with Gasteiger partial charge in [0, 0.05) is 31.7 Å². The molecule has 2 N–H and O–H groups in total. The van der Waals surface area contributed by atoms with Crippen molar-refractivity contribution in [3.05, 3.63) is 59.5 Å². The van der Waals surface area contributed by atoms with Crippen LogP contribution in [0.25, 0.3) is 11.3 Å². The molecule has 4 rings (SSSR count). The highest BCUT2D eigenvalue weighted by molar-refractivity contribution is 5.93. The van der Waals surface area contributed by atoms with Crippen LogP contribution in [0.1, 0.15) is 21.9 Å². The Morgan fingerprint density at radius 2 is 2.04 bits per heavy atom. The van der Waals surface area contributed by atoms with E-state index in [-0.39, 0.29) is 11.8 Å². The number of benzene rings is 1. The normalized spacial score (nSPS) is 19.6. The number of rotatable bonds is 4. The topological polar surface area (TPSA) is 87.0 Å². The molecular weight excluding hydrogens is 342 g/mol. The molecule has 7 nitrogen and oxygen atoms in total. The van der Waals surface area contributed by atoms with Gasteiger partial charge in [0.1, 0.15) is 0 Å². The first-order chi connectivity index (χ1) is 13.0. The Labute approximate surface area is 157 Å². The first kappa shape index (κ1) is 17.5. The molecule has 1 aromatic carbocycles. The first-order valence-corrected chi connectivity index (χ1v) is 9.09. The van der Waals surface area contributed by atoms with Crippen LogP contribution in [0.15, 0.2) is 42.5 Å². The molecule has 0 unspecified atom stereocenters. The van der Waals surface area contributed by atoms with Gasteiger partial charge < -0.3 is 10.0 Å². The van der Waals surface area contributed by atoms with Gasteiger partial charge in [-0.25, -0.2) is 0 Å². The minimum atomic E-state index is -0.553.